The Morgan fingerprint density at radius 1 is 0.453 bits per heavy atom. The molecule has 0 aliphatic carbocycles. The fourth-order valence-electron chi connectivity index (χ4n) is 6.75. The van der Waals surface area contributed by atoms with Crippen molar-refractivity contribution in [1.82, 2.24) is 0 Å². The number of hydrogen-bond acceptors (Lipinski definition) is 5. The second-order valence-corrected chi connectivity index (χ2v) is 15.5. The zero-order valence-electron chi connectivity index (χ0n) is 35.3. The van der Waals surface area contributed by atoms with Gasteiger partial charge in [-0.25, -0.2) is 0 Å². The van der Waals surface area contributed by atoms with Crippen LogP contribution in [0.5, 0.6) is 0 Å². The quantitative estimate of drug-likeness (QED) is 0.0383. The van der Waals surface area contributed by atoms with Crippen molar-refractivity contribution in [3.63, 3.8) is 0 Å². The summed E-state index contributed by atoms with van der Waals surface area (Å²) in [5.74, 6) is -0.592. The highest BCUT2D eigenvalue weighted by Gasteiger charge is 2.16. The summed E-state index contributed by atoms with van der Waals surface area (Å²) in [5.41, 5.74) is 0. The van der Waals surface area contributed by atoms with Crippen LogP contribution < -0.4 is 0 Å². The number of unbranched alkanes of at least 4 members (excludes halogenated alkanes) is 28. The van der Waals surface area contributed by atoms with Crippen molar-refractivity contribution >= 4 is 11.9 Å². The van der Waals surface area contributed by atoms with Crippen LogP contribution in [0.1, 0.15) is 239 Å². The fourth-order valence-corrected chi connectivity index (χ4v) is 6.75. The van der Waals surface area contributed by atoms with Crippen LogP contribution in [0.2, 0.25) is 0 Å². The molecule has 0 amide bonds. The molecule has 5 heteroatoms. The lowest BCUT2D eigenvalue weighted by atomic mass is 10.0. The predicted molar refractivity (Wildman–Crippen MR) is 228 cm³/mol. The molecule has 1 N–H and O–H groups in total. The van der Waals surface area contributed by atoms with Gasteiger partial charge in [0, 0.05) is 12.8 Å². The van der Waals surface area contributed by atoms with Crippen LogP contribution in [0.4, 0.5) is 0 Å². The number of aliphatic hydroxyl groups excluding tert-OH is 1. The molecule has 0 rings (SSSR count). The minimum Gasteiger partial charge on any atom is -0.462 e. The van der Waals surface area contributed by atoms with Crippen molar-refractivity contribution in [1.29, 1.82) is 0 Å². The Hall–Kier alpha value is -1.88. The molecule has 0 aromatic rings. The number of esters is 2. The smallest absolute Gasteiger partial charge is 0.306 e. The summed E-state index contributed by atoms with van der Waals surface area (Å²) in [6.45, 7) is 4.05. The molecule has 53 heavy (non-hydrogen) atoms. The summed E-state index contributed by atoms with van der Waals surface area (Å²) < 4.78 is 10.6. The van der Waals surface area contributed by atoms with Crippen LogP contribution in [0, 0.1) is 0 Å². The third-order valence-electron chi connectivity index (χ3n) is 10.2. The van der Waals surface area contributed by atoms with Gasteiger partial charge < -0.3 is 14.6 Å². The zero-order valence-corrected chi connectivity index (χ0v) is 35.3. The van der Waals surface area contributed by atoms with E-state index in [0.717, 1.165) is 64.2 Å². The van der Waals surface area contributed by atoms with Crippen LogP contribution in [0.15, 0.2) is 36.5 Å². The van der Waals surface area contributed by atoms with E-state index in [0.29, 0.717) is 12.8 Å². The van der Waals surface area contributed by atoms with Gasteiger partial charge in [-0.1, -0.05) is 217 Å². The topological polar surface area (TPSA) is 72.8 Å². The van der Waals surface area contributed by atoms with Gasteiger partial charge in [-0.15, -0.1) is 0 Å². The first kappa shape index (κ1) is 51.1. The van der Waals surface area contributed by atoms with Crippen molar-refractivity contribution in [3.8, 4) is 0 Å². The van der Waals surface area contributed by atoms with Gasteiger partial charge in [0.1, 0.15) is 6.61 Å². The van der Waals surface area contributed by atoms with Crippen molar-refractivity contribution in [2.24, 2.45) is 0 Å². The Balaban J connectivity index is 3.48. The lowest BCUT2D eigenvalue weighted by molar-refractivity contribution is -0.161. The summed E-state index contributed by atoms with van der Waals surface area (Å²) in [4.78, 5) is 24.4. The minimum absolute atomic E-state index is 0.0666. The summed E-state index contributed by atoms with van der Waals surface area (Å²) in [6.07, 6.45) is 55.1. The summed E-state index contributed by atoms with van der Waals surface area (Å²) in [5, 5.41) is 9.59. The summed E-state index contributed by atoms with van der Waals surface area (Å²) >= 11 is 0. The number of carbonyl (C=O) groups is 2. The maximum absolute atomic E-state index is 12.2. The fraction of sp³-hybridized carbons (Fsp3) is 0.833. The van der Waals surface area contributed by atoms with Gasteiger partial charge in [0.25, 0.3) is 0 Å². The second-order valence-electron chi connectivity index (χ2n) is 15.5. The molecule has 0 spiro atoms. The molecule has 0 radical (unpaired) electrons. The van der Waals surface area contributed by atoms with Gasteiger partial charge in [0.2, 0.25) is 0 Å². The van der Waals surface area contributed by atoms with E-state index in [1.165, 1.54) is 148 Å². The molecule has 310 valence electrons. The number of aliphatic hydroxyl groups is 1. The highest BCUT2D eigenvalue weighted by atomic mass is 16.6. The molecule has 0 aromatic heterocycles. The van der Waals surface area contributed by atoms with Crippen molar-refractivity contribution in [3.05, 3.63) is 36.5 Å². The number of carbonyl (C=O) groups excluding carboxylic acids is 2. The van der Waals surface area contributed by atoms with E-state index in [9.17, 15) is 14.7 Å². The van der Waals surface area contributed by atoms with Gasteiger partial charge >= 0.3 is 11.9 Å². The van der Waals surface area contributed by atoms with Gasteiger partial charge in [-0.3, -0.25) is 9.59 Å². The highest BCUT2D eigenvalue weighted by Crippen LogP contribution is 2.16. The Bertz CT molecular complexity index is 847. The Morgan fingerprint density at radius 3 is 1.23 bits per heavy atom. The Labute approximate surface area is 329 Å². The molecule has 0 aliphatic rings. The Morgan fingerprint density at radius 2 is 0.811 bits per heavy atom. The van der Waals surface area contributed by atoms with Crippen LogP contribution in [-0.2, 0) is 19.1 Å². The molecule has 0 saturated heterocycles. The van der Waals surface area contributed by atoms with Gasteiger partial charge in [0.05, 0.1) is 6.61 Å². The van der Waals surface area contributed by atoms with E-state index in [-0.39, 0.29) is 25.2 Å². The molecule has 0 heterocycles. The molecule has 0 saturated carbocycles. The van der Waals surface area contributed by atoms with Crippen molar-refractivity contribution < 1.29 is 24.2 Å². The first-order valence-electron chi connectivity index (χ1n) is 23.0. The molecule has 5 nitrogen and oxygen atoms in total. The maximum atomic E-state index is 12.2. The zero-order chi connectivity index (χ0) is 38.6. The van der Waals surface area contributed by atoms with Crippen LogP contribution in [0.25, 0.3) is 0 Å². The second kappa shape index (κ2) is 44.5. The maximum Gasteiger partial charge on any atom is 0.306 e. The molecule has 1 atom stereocenters. The van der Waals surface area contributed by atoms with Gasteiger partial charge in [-0.2, -0.15) is 0 Å². The van der Waals surface area contributed by atoms with E-state index >= 15 is 0 Å². The highest BCUT2D eigenvalue weighted by molar-refractivity contribution is 5.70. The predicted octanol–water partition coefficient (Wildman–Crippen LogP) is 14.8. The first-order valence-corrected chi connectivity index (χ1v) is 23.0. The monoisotopic (exact) mass is 745 g/mol. The molecule has 0 aromatic carbocycles. The average molecular weight is 745 g/mol. The van der Waals surface area contributed by atoms with E-state index in [4.69, 9.17) is 9.47 Å². The minimum atomic E-state index is -0.774. The van der Waals surface area contributed by atoms with Gasteiger partial charge in [0.15, 0.2) is 6.10 Å². The van der Waals surface area contributed by atoms with E-state index < -0.39 is 6.10 Å². The summed E-state index contributed by atoms with van der Waals surface area (Å²) in [7, 11) is 0. The number of hydrogen-bond donors (Lipinski definition) is 1. The van der Waals surface area contributed by atoms with Crippen molar-refractivity contribution in [2.75, 3.05) is 13.2 Å². The van der Waals surface area contributed by atoms with Crippen LogP contribution >= 0.6 is 0 Å². The largest absolute Gasteiger partial charge is 0.462 e. The molecule has 0 aliphatic heterocycles. The van der Waals surface area contributed by atoms with Crippen LogP contribution in [-0.4, -0.2) is 36.4 Å². The molecule has 0 fully saturated rings. The normalized spacial score (nSPS) is 12.4. The Kier molecular flexibility index (Phi) is 42.9. The third-order valence-corrected chi connectivity index (χ3v) is 10.2. The first-order chi connectivity index (χ1) is 26.1. The number of rotatable bonds is 42. The number of ether oxygens (including phenoxy) is 2. The molecular weight excluding hydrogens is 657 g/mol. The van der Waals surface area contributed by atoms with E-state index in [1.807, 2.05) is 0 Å². The molecule has 1 unspecified atom stereocenters. The molecular formula is C48H88O5. The average Bonchev–Trinajstić information content (AvgIpc) is 3.16. The standard InChI is InChI=1S/C48H88O5/c1-3-5-7-9-11-13-15-17-19-21-22-23-24-25-27-28-30-32-34-36-38-40-42-47(50)52-45-46(44-49)53-48(51)43-41-39-37-35-33-31-29-26-20-18-16-14-12-10-8-6-4-2/h6,8,12,14,18,20,46,49H,3-5,7,9-11,13,15-17,19,21-45H2,1-2H3/b8-6-,14-12-,20-18-. The van der Waals surface area contributed by atoms with E-state index in [1.54, 1.807) is 0 Å². The van der Waals surface area contributed by atoms with Crippen molar-refractivity contribution in [2.45, 2.75) is 245 Å². The third kappa shape index (κ3) is 42.7. The van der Waals surface area contributed by atoms with Gasteiger partial charge in [-0.05, 0) is 44.9 Å². The van der Waals surface area contributed by atoms with E-state index in [2.05, 4.69) is 50.3 Å². The lowest BCUT2D eigenvalue weighted by Gasteiger charge is -2.15. The lowest BCUT2D eigenvalue weighted by Crippen LogP contribution is -2.28. The summed E-state index contributed by atoms with van der Waals surface area (Å²) in [6, 6.07) is 0. The number of allylic oxidation sites excluding steroid dienone is 6. The SMILES string of the molecule is CC/C=C\C/C=C\C/C=C\CCCCCCCCCC(=O)OC(CO)COC(=O)CCCCCCCCCCCCCCCCCCCCCCCC. The van der Waals surface area contributed by atoms with Crippen LogP contribution in [0.3, 0.4) is 0 Å². The molecule has 0 bridgehead atoms.